The van der Waals surface area contributed by atoms with Crippen molar-refractivity contribution in [3.05, 3.63) is 40.6 Å². The van der Waals surface area contributed by atoms with Gasteiger partial charge in [-0.2, -0.15) is 0 Å². The van der Waals surface area contributed by atoms with Gasteiger partial charge in [-0.05, 0) is 30.5 Å². The van der Waals surface area contributed by atoms with Crippen molar-refractivity contribution in [2.75, 3.05) is 19.8 Å². The second-order valence-electron chi connectivity index (χ2n) is 6.46. The summed E-state index contributed by atoms with van der Waals surface area (Å²) >= 11 is 1.38. The minimum absolute atomic E-state index is 0.162. The van der Waals surface area contributed by atoms with Gasteiger partial charge in [0.2, 0.25) is 0 Å². The van der Waals surface area contributed by atoms with E-state index < -0.39 is 0 Å². The number of rotatable bonds is 10. The van der Waals surface area contributed by atoms with E-state index in [0.717, 1.165) is 12.8 Å². The van der Waals surface area contributed by atoms with Crippen LogP contribution in [-0.2, 0) is 14.3 Å². The number of amides is 2. The molecule has 1 aromatic rings. The molecule has 1 aliphatic rings. The molecule has 0 N–H and O–H groups in total. The molecule has 2 rings (SSSR count). The molecular formula is C20H26FNO3S. The van der Waals surface area contributed by atoms with E-state index in [0.29, 0.717) is 42.2 Å². The van der Waals surface area contributed by atoms with Gasteiger partial charge in [0, 0.05) is 25.0 Å². The average molecular weight is 379 g/mol. The Labute approximate surface area is 158 Å². The van der Waals surface area contributed by atoms with E-state index >= 15 is 0 Å². The third-order valence-electron chi connectivity index (χ3n) is 3.92. The first kappa shape index (κ1) is 20.6. The van der Waals surface area contributed by atoms with E-state index in [2.05, 4.69) is 6.92 Å². The first-order valence-corrected chi connectivity index (χ1v) is 9.94. The van der Waals surface area contributed by atoms with E-state index in [-0.39, 0.29) is 22.9 Å². The zero-order valence-corrected chi connectivity index (χ0v) is 16.4. The molecule has 4 nitrogen and oxygen atoms in total. The van der Waals surface area contributed by atoms with Crippen LogP contribution in [0.4, 0.5) is 4.39 Å². The summed E-state index contributed by atoms with van der Waals surface area (Å²) in [6.07, 6.45) is 2.69. The Morgan fingerprint density at radius 2 is 1.73 bits per heavy atom. The summed E-state index contributed by atoms with van der Waals surface area (Å²) in [5.74, 6) is -0.940. The summed E-state index contributed by atoms with van der Waals surface area (Å²) in [5.41, 5.74) is 0.954. The highest BCUT2D eigenvalue weighted by molar-refractivity contribution is 8.04. The topological polar surface area (TPSA) is 46.6 Å². The molecule has 1 aliphatic heterocycles. The predicted molar refractivity (Wildman–Crippen MR) is 103 cm³/mol. The number of carbonyl (C=O) groups excluding carboxylic acids is 2. The van der Waals surface area contributed by atoms with Gasteiger partial charge in [0.25, 0.3) is 11.8 Å². The molecule has 0 saturated carbocycles. The summed E-state index contributed by atoms with van der Waals surface area (Å²) < 4.78 is 18.7. The van der Waals surface area contributed by atoms with Gasteiger partial charge in [-0.3, -0.25) is 14.5 Å². The van der Waals surface area contributed by atoms with E-state index in [9.17, 15) is 14.0 Å². The minimum atomic E-state index is -0.370. The van der Waals surface area contributed by atoms with Crippen molar-refractivity contribution in [3.8, 4) is 0 Å². The molecule has 6 heteroatoms. The highest BCUT2D eigenvalue weighted by Crippen LogP contribution is 2.37. The SMILES string of the molecule is CCCCOCCCN1C(=O)C(SC(C)C)=C(c2ccc(F)cc2)C1=O. The summed E-state index contributed by atoms with van der Waals surface area (Å²) in [6, 6.07) is 5.71. The smallest absolute Gasteiger partial charge is 0.267 e. The maximum atomic E-state index is 13.2. The van der Waals surface area contributed by atoms with Crippen LogP contribution in [0.5, 0.6) is 0 Å². The van der Waals surface area contributed by atoms with Crippen molar-refractivity contribution < 1.29 is 18.7 Å². The van der Waals surface area contributed by atoms with Crippen LogP contribution in [0.3, 0.4) is 0 Å². The number of benzene rings is 1. The fourth-order valence-electron chi connectivity index (χ4n) is 2.65. The highest BCUT2D eigenvalue weighted by Gasteiger charge is 2.39. The number of hydrogen-bond donors (Lipinski definition) is 0. The Morgan fingerprint density at radius 3 is 2.35 bits per heavy atom. The third-order valence-corrected chi connectivity index (χ3v) is 5.01. The van der Waals surface area contributed by atoms with Crippen LogP contribution >= 0.6 is 11.8 Å². The van der Waals surface area contributed by atoms with E-state index in [1.807, 2.05) is 13.8 Å². The standard InChI is InChI=1S/C20H26FNO3S/c1-4-5-12-25-13-6-11-22-19(23)17(15-7-9-16(21)10-8-15)18(20(22)24)26-14(2)3/h7-10,14H,4-6,11-13H2,1-3H3. The summed E-state index contributed by atoms with van der Waals surface area (Å²) in [6.45, 7) is 7.60. The molecule has 0 saturated heterocycles. The number of hydrogen-bond acceptors (Lipinski definition) is 4. The van der Waals surface area contributed by atoms with Crippen LogP contribution in [0.25, 0.3) is 5.57 Å². The number of nitrogens with zero attached hydrogens (tertiary/aromatic N) is 1. The maximum Gasteiger partial charge on any atom is 0.267 e. The summed E-state index contributed by atoms with van der Waals surface area (Å²) in [4.78, 5) is 27.4. The molecule has 0 spiro atoms. The Kier molecular flexibility index (Phi) is 7.85. The molecule has 0 aromatic heterocycles. The normalized spacial score (nSPS) is 14.9. The Balaban J connectivity index is 2.12. The quantitative estimate of drug-likeness (QED) is 0.450. The molecule has 0 radical (unpaired) electrons. The van der Waals surface area contributed by atoms with Crippen LogP contribution in [0.15, 0.2) is 29.2 Å². The van der Waals surface area contributed by atoms with Crippen LogP contribution in [-0.4, -0.2) is 41.7 Å². The second kappa shape index (κ2) is 9.88. The van der Waals surface area contributed by atoms with Crippen LogP contribution in [0.1, 0.15) is 45.6 Å². The summed E-state index contributed by atoms with van der Waals surface area (Å²) in [7, 11) is 0. The lowest BCUT2D eigenvalue weighted by atomic mass is 10.1. The van der Waals surface area contributed by atoms with Crippen molar-refractivity contribution in [1.29, 1.82) is 0 Å². The van der Waals surface area contributed by atoms with E-state index in [1.54, 1.807) is 12.1 Å². The number of halogens is 1. The lowest BCUT2D eigenvalue weighted by molar-refractivity contribution is -0.136. The maximum absolute atomic E-state index is 13.2. The van der Waals surface area contributed by atoms with Gasteiger partial charge in [0.1, 0.15) is 5.82 Å². The Hall–Kier alpha value is -1.66. The number of thioether (sulfide) groups is 1. The molecule has 142 valence electrons. The Morgan fingerprint density at radius 1 is 1.08 bits per heavy atom. The fraction of sp³-hybridized carbons (Fsp3) is 0.500. The molecule has 0 atom stereocenters. The lowest BCUT2D eigenvalue weighted by Crippen LogP contribution is -2.33. The van der Waals surface area contributed by atoms with Gasteiger partial charge in [-0.15, -0.1) is 11.8 Å². The zero-order valence-electron chi connectivity index (χ0n) is 15.6. The monoisotopic (exact) mass is 379 g/mol. The van der Waals surface area contributed by atoms with Crippen molar-refractivity contribution in [2.24, 2.45) is 0 Å². The molecule has 0 aliphatic carbocycles. The van der Waals surface area contributed by atoms with Crippen molar-refractivity contribution >= 4 is 29.1 Å². The van der Waals surface area contributed by atoms with Gasteiger partial charge < -0.3 is 4.74 Å². The number of carbonyl (C=O) groups is 2. The van der Waals surface area contributed by atoms with Crippen molar-refractivity contribution in [3.63, 3.8) is 0 Å². The number of ether oxygens (including phenoxy) is 1. The van der Waals surface area contributed by atoms with Gasteiger partial charge in [-0.25, -0.2) is 4.39 Å². The Bertz CT molecular complexity index is 670. The third kappa shape index (κ3) is 5.17. The van der Waals surface area contributed by atoms with Crippen LogP contribution < -0.4 is 0 Å². The predicted octanol–water partition coefficient (Wildman–Crippen LogP) is 4.25. The number of imide groups is 1. The molecular weight excluding hydrogens is 353 g/mol. The molecule has 26 heavy (non-hydrogen) atoms. The van der Waals surface area contributed by atoms with E-state index in [1.165, 1.54) is 28.8 Å². The molecule has 2 amide bonds. The fourth-order valence-corrected chi connectivity index (χ4v) is 3.65. The molecule has 1 aromatic carbocycles. The highest BCUT2D eigenvalue weighted by atomic mass is 32.2. The second-order valence-corrected chi connectivity index (χ2v) is 8.05. The van der Waals surface area contributed by atoms with Crippen LogP contribution in [0.2, 0.25) is 0 Å². The first-order chi connectivity index (χ1) is 12.5. The largest absolute Gasteiger partial charge is 0.381 e. The van der Waals surface area contributed by atoms with Gasteiger partial charge in [0.05, 0.1) is 10.5 Å². The van der Waals surface area contributed by atoms with Crippen molar-refractivity contribution in [1.82, 2.24) is 4.90 Å². The summed E-state index contributed by atoms with van der Waals surface area (Å²) in [5, 5.41) is 0.162. The molecule has 1 heterocycles. The minimum Gasteiger partial charge on any atom is -0.381 e. The molecule has 0 unspecified atom stereocenters. The first-order valence-electron chi connectivity index (χ1n) is 9.06. The van der Waals surface area contributed by atoms with Crippen molar-refractivity contribution in [2.45, 2.75) is 45.3 Å². The molecule has 0 bridgehead atoms. The van der Waals surface area contributed by atoms with Gasteiger partial charge in [-0.1, -0.05) is 39.3 Å². The van der Waals surface area contributed by atoms with Gasteiger partial charge >= 0.3 is 0 Å². The van der Waals surface area contributed by atoms with Gasteiger partial charge in [0.15, 0.2) is 0 Å². The average Bonchev–Trinajstić information content (AvgIpc) is 2.82. The number of unbranched alkanes of at least 4 members (excludes halogenated alkanes) is 1. The van der Waals surface area contributed by atoms with Crippen LogP contribution in [0, 0.1) is 5.82 Å². The van der Waals surface area contributed by atoms with E-state index in [4.69, 9.17) is 4.74 Å². The zero-order chi connectivity index (χ0) is 19.1. The molecule has 0 fully saturated rings. The lowest BCUT2D eigenvalue weighted by Gasteiger charge is -2.15.